The predicted octanol–water partition coefficient (Wildman–Crippen LogP) is 30.0. The molecule has 0 aromatic carbocycles. The second-order valence-electron chi connectivity index (χ2n) is 31.3. The van der Waals surface area contributed by atoms with Crippen LogP contribution in [0.1, 0.15) is 438 Å². The smallest absolute Gasteiger partial charge is 0.462 e. The average Bonchev–Trinajstić information content (AvgIpc) is 0.913. The molecule has 0 aliphatic heterocycles. The fraction of sp³-hybridized carbons (Fsp3) is 0.826. The number of rotatable bonds is 83. The van der Waals surface area contributed by atoms with Gasteiger partial charge >= 0.3 is 19.8 Å². The number of nitrogens with zero attached hydrogens (tertiary/aromatic N) is 1. The number of likely N-dealkylation sites (N-methyl/N-ethyl adjacent to an activating group) is 1. The van der Waals surface area contributed by atoms with Crippen LogP contribution in [0.15, 0.2) is 85.1 Å². The number of ether oxygens (including phenoxy) is 2. The van der Waals surface area contributed by atoms with E-state index in [9.17, 15) is 19.0 Å². The van der Waals surface area contributed by atoms with Crippen molar-refractivity contribution in [3.63, 3.8) is 0 Å². The predicted molar refractivity (Wildman–Crippen MR) is 446 cm³/mol. The van der Waals surface area contributed by atoms with E-state index >= 15 is 0 Å². The monoisotopic (exact) mass is 1450 g/mol. The summed E-state index contributed by atoms with van der Waals surface area (Å²) in [5, 5.41) is 0. The fourth-order valence-electron chi connectivity index (χ4n) is 13.2. The molecule has 596 valence electrons. The van der Waals surface area contributed by atoms with E-state index in [1.165, 1.54) is 327 Å². The molecule has 0 bridgehead atoms. The molecule has 0 saturated carbocycles. The molecule has 10 heteroatoms. The molecule has 0 radical (unpaired) electrons. The maximum Gasteiger partial charge on any atom is 0.472 e. The molecule has 0 amide bonds. The lowest BCUT2D eigenvalue weighted by atomic mass is 10.0. The summed E-state index contributed by atoms with van der Waals surface area (Å²) in [6.07, 6.45) is 115. The van der Waals surface area contributed by atoms with Crippen molar-refractivity contribution in [2.75, 3.05) is 47.5 Å². The number of quaternary nitrogens is 1. The van der Waals surface area contributed by atoms with Crippen LogP contribution >= 0.6 is 7.82 Å². The van der Waals surface area contributed by atoms with E-state index in [2.05, 4.69) is 98.9 Å². The first-order chi connectivity index (χ1) is 50.0. The Kier molecular flexibility index (Phi) is 80.0. The molecule has 0 heterocycles. The molecule has 0 aromatic heterocycles. The van der Waals surface area contributed by atoms with Gasteiger partial charge in [-0.2, -0.15) is 0 Å². The minimum absolute atomic E-state index is 0.0319. The Bertz CT molecular complexity index is 2000. The molecule has 0 rings (SSSR count). The van der Waals surface area contributed by atoms with E-state index in [1.807, 2.05) is 21.1 Å². The van der Waals surface area contributed by atoms with E-state index in [-0.39, 0.29) is 25.6 Å². The summed E-state index contributed by atoms with van der Waals surface area (Å²) >= 11 is 0. The van der Waals surface area contributed by atoms with Crippen molar-refractivity contribution in [1.29, 1.82) is 0 Å². The van der Waals surface area contributed by atoms with Crippen LogP contribution in [-0.2, 0) is 32.7 Å². The van der Waals surface area contributed by atoms with Gasteiger partial charge in [-0.15, -0.1) is 0 Å². The van der Waals surface area contributed by atoms with Gasteiger partial charge in [-0.1, -0.05) is 439 Å². The van der Waals surface area contributed by atoms with Crippen molar-refractivity contribution >= 4 is 19.8 Å². The van der Waals surface area contributed by atoms with E-state index in [4.69, 9.17) is 18.5 Å². The van der Waals surface area contributed by atoms with Crippen LogP contribution in [0.4, 0.5) is 0 Å². The van der Waals surface area contributed by atoms with E-state index in [1.54, 1.807) is 0 Å². The van der Waals surface area contributed by atoms with Crippen LogP contribution < -0.4 is 0 Å². The third-order valence-corrected chi connectivity index (χ3v) is 20.9. The van der Waals surface area contributed by atoms with Crippen LogP contribution in [0.2, 0.25) is 0 Å². The third kappa shape index (κ3) is 86.1. The van der Waals surface area contributed by atoms with Crippen molar-refractivity contribution in [2.24, 2.45) is 0 Å². The van der Waals surface area contributed by atoms with Gasteiger partial charge in [0.2, 0.25) is 0 Å². The number of esters is 2. The maximum atomic E-state index is 12.9. The highest BCUT2D eigenvalue weighted by Gasteiger charge is 2.27. The second-order valence-corrected chi connectivity index (χ2v) is 32.7. The molecule has 0 aromatic rings. The Balaban J connectivity index is 3.88. The average molecular weight is 1450 g/mol. The molecule has 1 N–H and O–H groups in total. The zero-order valence-corrected chi connectivity index (χ0v) is 69.3. The molecule has 0 spiro atoms. The number of phosphoric ester groups is 1. The molecule has 2 atom stereocenters. The summed E-state index contributed by atoms with van der Waals surface area (Å²) < 4.78 is 34.9. The number of hydrogen-bond acceptors (Lipinski definition) is 7. The number of allylic oxidation sites excluding steroid dienone is 14. The van der Waals surface area contributed by atoms with Gasteiger partial charge in [0.25, 0.3) is 0 Å². The van der Waals surface area contributed by atoms with Crippen molar-refractivity contribution in [1.82, 2.24) is 0 Å². The van der Waals surface area contributed by atoms with Crippen LogP contribution in [0.25, 0.3) is 0 Å². The van der Waals surface area contributed by atoms with E-state index < -0.39 is 26.5 Å². The van der Waals surface area contributed by atoms with Crippen molar-refractivity contribution in [3.8, 4) is 0 Å². The zero-order chi connectivity index (χ0) is 74.0. The second kappa shape index (κ2) is 82.3. The van der Waals surface area contributed by atoms with Gasteiger partial charge in [0.1, 0.15) is 19.8 Å². The maximum absolute atomic E-state index is 12.9. The molecule has 9 nitrogen and oxygen atoms in total. The Labute approximate surface area is 634 Å². The zero-order valence-electron chi connectivity index (χ0n) is 68.4. The van der Waals surface area contributed by atoms with Crippen molar-refractivity contribution < 1.29 is 42.1 Å². The number of carbonyl (C=O) groups is 2. The molecule has 0 aliphatic carbocycles. The summed E-state index contributed by atoms with van der Waals surface area (Å²) in [7, 11) is 1.49. The number of unbranched alkanes of at least 4 members (excludes halogenated alkanes) is 55. The van der Waals surface area contributed by atoms with Gasteiger partial charge in [-0.25, -0.2) is 4.57 Å². The molecular formula is C92H171NO8P+. The largest absolute Gasteiger partial charge is 0.472 e. The molecule has 0 saturated heterocycles. The van der Waals surface area contributed by atoms with Gasteiger partial charge in [-0.3, -0.25) is 18.6 Å². The third-order valence-electron chi connectivity index (χ3n) is 19.9. The summed E-state index contributed by atoms with van der Waals surface area (Å²) in [6.45, 7) is 4.39. The molecule has 102 heavy (non-hydrogen) atoms. The number of carbonyl (C=O) groups excluding carboxylic acids is 2. The van der Waals surface area contributed by atoms with Gasteiger partial charge in [-0.05, 0) is 70.6 Å². The first kappa shape index (κ1) is 99.2. The first-order valence-corrected chi connectivity index (χ1v) is 45.8. The van der Waals surface area contributed by atoms with Crippen LogP contribution in [0.5, 0.6) is 0 Å². The first-order valence-electron chi connectivity index (χ1n) is 44.3. The van der Waals surface area contributed by atoms with Crippen LogP contribution in [-0.4, -0.2) is 74.9 Å². The quantitative estimate of drug-likeness (QED) is 0.0211. The molecule has 0 fully saturated rings. The highest BCUT2D eigenvalue weighted by atomic mass is 31.2. The Morgan fingerprint density at radius 1 is 0.314 bits per heavy atom. The SMILES string of the molecule is CC/C=C\C/C=C\C/C=C\C/C=C\C/C=C\C/C=C\C/C=C\CCCCCCCCCCCCCCCCCC(=O)OC(COC(=O)CCCCCCCCCCCCCCCCCCCCCCCCCCCCCCCCCCCCCCCCCCC)COP(=O)(O)OCC[N+](C)(C)C. The number of phosphoric acid groups is 1. The minimum atomic E-state index is -4.40. The van der Waals surface area contributed by atoms with Crippen molar-refractivity contribution in [3.05, 3.63) is 85.1 Å². The topological polar surface area (TPSA) is 108 Å². The Hall–Kier alpha value is -2.81. The van der Waals surface area contributed by atoms with Gasteiger partial charge in [0, 0.05) is 12.8 Å². The minimum Gasteiger partial charge on any atom is -0.462 e. The van der Waals surface area contributed by atoms with Gasteiger partial charge < -0.3 is 18.9 Å². The molecular weight excluding hydrogens is 1280 g/mol. The lowest BCUT2D eigenvalue weighted by molar-refractivity contribution is -0.870. The lowest BCUT2D eigenvalue weighted by Gasteiger charge is -2.24. The van der Waals surface area contributed by atoms with Crippen molar-refractivity contribution in [2.45, 2.75) is 444 Å². The Morgan fingerprint density at radius 3 is 0.833 bits per heavy atom. The highest BCUT2D eigenvalue weighted by molar-refractivity contribution is 7.47. The summed E-state index contributed by atoms with van der Waals surface area (Å²) in [6, 6.07) is 0. The highest BCUT2D eigenvalue weighted by Crippen LogP contribution is 2.43. The lowest BCUT2D eigenvalue weighted by Crippen LogP contribution is -2.37. The van der Waals surface area contributed by atoms with Crippen LogP contribution in [0.3, 0.4) is 0 Å². The summed E-state index contributed by atoms with van der Waals surface area (Å²) in [5.74, 6) is -0.778. The standard InChI is InChI=1S/C92H170NO8P/c1-6-8-10-12-14-16-18-20-22-24-26-28-30-32-34-36-38-40-42-44-45-46-47-49-50-52-54-56-58-60-62-64-66-68-70-72-74-76-78-80-82-84-91(94)98-88-90(89-100-102(96,97)99-87-86-93(3,4)5)101-92(95)85-83-81-79-77-75-73-71-69-67-65-63-61-59-57-55-53-51-48-43-41-39-37-35-33-31-29-27-25-23-21-19-17-15-13-11-9-7-2/h9,11,15,17,21,23,27,29,33,35,39,41,48,51,90H,6-8,10,12-14,16,18-20,22,24-26,28,30-32,34,36-38,40,42-47,49-50,52-89H2,1-5H3/p+1/b11-9-,17-15-,23-21-,29-27-,35-33-,41-39-,51-48-. The van der Waals surface area contributed by atoms with E-state index in [0.717, 1.165) is 77.0 Å². The fourth-order valence-corrected chi connectivity index (χ4v) is 14.0. The molecule has 2 unspecified atom stereocenters. The van der Waals surface area contributed by atoms with Gasteiger partial charge in [0.15, 0.2) is 6.10 Å². The molecule has 0 aliphatic rings. The van der Waals surface area contributed by atoms with E-state index in [0.29, 0.717) is 23.9 Å². The summed E-state index contributed by atoms with van der Waals surface area (Å²) in [4.78, 5) is 36.1. The number of hydrogen-bond donors (Lipinski definition) is 1. The van der Waals surface area contributed by atoms with Gasteiger partial charge in [0.05, 0.1) is 27.7 Å². The summed E-state index contributed by atoms with van der Waals surface area (Å²) in [5.41, 5.74) is 0. The van der Waals surface area contributed by atoms with Crippen LogP contribution in [0, 0.1) is 0 Å². The Morgan fingerprint density at radius 2 is 0.559 bits per heavy atom. The normalized spacial score (nSPS) is 13.4.